The predicted octanol–water partition coefficient (Wildman–Crippen LogP) is 2.93. The van der Waals surface area contributed by atoms with Crippen LogP contribution in [0.4, 0.5) is 0 Å². The molecule has 160 valence electrons. The highest BCUT2D eigenvalue weighted by molar-refractivity contribution is 8.03. The molecule has 4 heterocycles. The lowest BCUT2D eigenvalue weighted by molar-refractivity contribution is -0.169. The lowest BCUT2D eigenvalue weighted by Gasteiger charge is -2.47. The van der Waals surface area contributed by atoms with Gasteiger partial charge in [-0.25, -0.2) is 14.8 Å². The number of ether oxygens (including phenoxy) is 3. The molecule has 1 amide bonds. The van der Waals surface area contributed by atoms with Crippen LogP contribution in [0.15, 0.2) is 58.5 Å². The van der Waals surface area contributed by atoms with E-state index in [0.29, 0.717) is 22.8 Å². The number of β-lactam (4-membered cyclic amide) rings is 1. The normalized spacial score (nSPS) is 25.2. The Morgan fingerprint density at radius 2 is 2.00 bits per heavy atom. The van der Waals surface area contributed by atoms with Gasteiger partial charge >= 0.3 is 5.97 Å². The van der Waals surface area contributed by atoms with Gasteiger partial charge in [0.2, 0.25) is 5.91 Å². The third-order valence-electron chi connectivity index (χ3n) is 5.86. The fourth-order valence-corrected chi connectivity index (χ4v) is 5.48. The van der Waals surface area contributed by atoms with Crippen LogP contribution in [0.1, 0.15) is 35.4 Å². The third-order valence-corrected chi connectivity index (χ3v) is 6.87. The van der Waals surface area contributed by atoms with Crippen LogP contribution in [-0.4, -0.2) is 52.8 Å². The largest absolute Gasteiger partial charge is 0.447 e. The Labute approximate surface area is 183 Å². The summed E-state index contributed by atoms with van der Waals surface area (Å²) >= 11 is 1.41. The van der Waals surface area contributed by atoms with E-state index in [1.165, 1.54) is 11.8 Å². The number of benzene rings is 1. The molecule has 1 aromatic heterocycles. The zero-order valence-electron chi connectivity index (χ0n) is 17.1. The first kappa shape index (κ1) is 20.2. The fourth-order valence-electron chi connectivity index (χ4n) is 4.47. The van der Waals surface area contributed by atoms with Crippen molar-refractivity contribution in [1.82, 2.24) is 14.9 Å². The van der Waals surface area contributed by atoms with Gasteiger partial charge in [0.15, 0.2) is 11.3 Å². The molecule has 1 aromatic carbocycles. The SMILES string of the molecule is COCOC(C)C1C(=O)N2C(C3OC(=O)c4ccccc43)=C(Sc3ncccn3)CC12. The number of thioether (sulfide) groups is 1. The van der Waals surface area contributed by atoms with Gasteiger partial charge in [-0.1, -0.05) is 30.0 Å². The molecule has 0 bridgehead atoms. The van der Waals surface area contributed by atoms with Gasteiger partial charge in [0.1, 0.15) is 6.79 Å². The molecule has 1 fully saturated rings. The third kappa shape index (κ3) is 3.33. The molecule has 5 rings (SSSR count). The van der Waals surface area contributed by atoms with Crippen molar-refractivity contribution >= 4 is 23.6 Å². The molecule has 4 unspecified atom stereocenters. The van der Waals surface area contributed by atoms with Crippen LogP contribution < -0.4 is 0 Å². The number of nitrogens with zero attached hydrogens (tertiary/aromatic N) is 3. The van der Waals surface area contributed by atoms with Crippen molar-refractivity contribution in [2.24, 2.45) is 5.92 Å². The Hall–Kier alpha value is -2.75. The van der Waals surface area contributed by atoms with E-state index in [1.54, 1.807) is 42.6 Å². The number of esters is 1. The Bertz CT molecular complexity index is 1060. The Balaban J connectivity index is 1.50. The standard InChI is InChI=1S/C22H21N3O5S/c1-12(29-11-28-2)17-15-10-16(31-22-23-8-5-9-24-22)18(25(15)20(17)26)19-13-6-3-4-7-14(13)21(27)30-19/h3-9,12,15,17,19H,10-11H2,1-2H3. The van der Waals surface area contributed by atoms with Crippen LogP contribution in [0.2, 0.25) is 0 Å². The fraction of sp³-hybridized carbons (Fsp3) is 0.364. The first-order chi connectivity index (χ1) is 15.1. The smallest absolute Gasteiger partial charge is 0.339 e. The van der Waals surface area contributed by atoms with Crippen LogP contribution in [-0.2, 0) is 19.0 Å². The lowest BCUT2D eigenvalue weighted by atomic mass is 9.83. The molecule has 3 aliphatic rings. The molecular weight excluding hydrogens is 418 g/mol. The highest BCUT2D eigenvalue weighted by Crippen LogP contribution is 2.54. The molecule has 0 saturated carbocycles. The van der Waals surface area contributed by atoms with Gasteiger partial charge in [0.05, 0.1) is 29.3 Å². The summed E-state index contributed by atoms with van der Waals surface area (Å²) in [7, 11) is 1.55. The summed E-state index contributed by atoms with van der Waals surface area (Å²) in [6, 6.07) is 8.99. The zero-order chi connectivity index (χ0) is 21.5. The maximum absolute atomic E-state index is 13.2. The van der Waals surface area contributed by atoms with E-state index in [4.69, 9.17) is 14.2 Å². The van der Waals surface area contributed by atoms with Crippen molar-refractivity contribution in [1.29, 1.82) is 0 Å². The minimum Gasteiger partial charge on any atom is -0.447 e. The average Bonchev–Trinajstić information content (AvgIpc) is 3.28. The van der Waals surface area contributed by atoms with Gasteiger partial charge in [-0.2, -0.15) is 0 Å². The summed E-state index contributed by atoms with van der Waals surface area (Å²) < 4.78 is 16.4. The molecule has 3 aliphatic heterocycles. The Morgan fingerprint density at radius 3 is 2.77 bits per heavy atom. The molecule has 9 heteroatoms. The molecule has 0 aliphatic carbocycles. The number of hydrogen-bond donors (Lipinski definition) is 0. The number of aromatic nitrogens is 2. The number of carbonyl (C=O) groups excluding carboxylic acids is 2. The van der Waals surface area contributed by atoms with Gasteiger partial charge in [-0.05, 0) is 19.1 Å². The van der Waals surface area contributed by atoms with E-state index in [9.17, 15) is 9.59 Å². The molecule has 1 saturated heterocycles. The second-order valence-electron chi connectivity index (χ2n) is 7.60. The molecule has 31 heavy (non-hydrogen) atoms. The molecule has 8 nitrogen and oxygen atoms in total. The minimum atomic E-state index is -0.625. The number of fused-ring (bicyclic) bond motifs is 2. The topological polar surface area (TPSA) is 90.8 Å². The second-order valence-corrected chi connectivity index (χ2v) is 8.66. The quantitative estimate of drug-likeness (QED) is 0.282. The molecule has 0 N–H and O–H groups in total. The predicted molar refractivity (Wildman–Crippen MR) is 111 cm³/mol. The summed E-state index contributed by atoms with van der Waals surface area (Å²) in [5.41, 5.74) is 2.01. The number of hydrogen-bond acceptors (Lipinski definition) is 8. The van der Waals surface area contributed by atoms with E-state index < -0.39 is 6.10 Å². The molecule has 0 radical (unpaired) electrons. The van der Waals surface area contributed by atoms with Crippen LogP contribution >= 0.6 is 11.8 Å². The van der Waals surface area contributed by atoms with Crippen LogP contribution in [0.3, 0.4) is 0 Å². The summed E-state index contributed by atoms with van der Waals surface area (Å²) in [5.74, 6) is -0.695. The van der Waals surface area contributed by atoms with E-state index >= 15 is 0 Å². The molecular formula is C22H21N3O5S. The Morgan fingerprint density at radius 1 is 1.23 bits per heavy atom. The molecule has 4 atom stereocenters. The molecule has 2 aromatic rings. The van der Waals surface area contributed by atoms with Gasteiger partial charge < -0.3 is 19.1 Å². The van der Waals surface area contributed by atoms with E-state index in [1.807, 2.05) is 19.1 Å². The first-order valence-electron chi connectivity index (χ1n) is 10.0. The number of cyclic esters (lactones) is 1. The lowest BCUT2D eigenvalue weighted by Crippen LogP contribution is -2.62. The highest BCUT2D eigenvalue weighted by atomic mass is 32.2. The van der Waals surface area contributed by atoms with Gasteiger partial charge in [-0.3, -0.25) is 4.79 Å². The number of methoxy groups -OCH3 is 1. The van der Waals surface area contributed by atoms with Crippen molar-refractivity contribution in [3.63, 3.8) is 0 Å². The minimum absolute atomic E-state index is 0.0337. The maximum atomic E-state index is 13.2. The van der Waals surface area contributed by atoms with Gasteiger partial charge in [-0.15, -0.1) is 0 Å². The summed E-state index contributed by atoms with van der Waals surface area (Å²) in [6.07, 6.45) is 3.08. The first-order valence-corrected chi connectivity index (χ1v) is 10.8. The van der Waals surface area contributed by atoms with Crippen molar-refractivity contribution in [2.75, 3.05) is 13.9 Å². The van der Waals surface area contributed by atoms with Crippen LogP contribution in [0, 0.1) is 5.92 Å². The molecule has 0 spiro atoms. The van der Waals surface area contributed by atoms with E-state index in [2.05, 4.69) is 9.97 Å². The van der Waals surface area contributed by atoms with Crippen LogP contribution in [0.5, 0.6) is 0 Å². The van der Waals surface area contributed by atoms with Gasteiger partial charge in [0, 0.05) is 36.4 Å². The second kappa shape index (κ2) is 8.07. The van der Waals surface area contributed by atoms with E-state index in [0.717, 1.165) is 10.5 Å². The van der Waals surface area contributed by atoms with Crippen molar-refractivity contribution < 1.29 is 23.8 Å². The summed E-state index contributed by atoms with van der Waals surface area (Å²) in [5, 5.41) is 0.586. The van der Waals surface area contributed by atoms with Crippen LogP contribution in [0.25, 0.3) is 0 Å². The van der Waals surface area contributed by atoms with Gasteiger partial charge in [0.25, 0.3) is 0 Å². The monoisotopic (exact) mass is 439 g/mol. The number of carbonyl (C=O) groups is 2. The van der Waals surface area contributed by atoms with E-state index in [-0.39, 0.29) is 36.7 Å². The van der Waals surface area contributed by atoms with Crippen molar-refractivity contribution in [3.8, 4) is 0 Å². The highest BCUT2D eigenvalue weighted by Gasteiger charge is 2.58. The summed E-state index contributed by atoms with van der Waals surface area (Å²) in [6.45, 7) is 2.01. The van der Waals surface area contributed by atoms with Crippen molar-refractivity contribution in [3.05, 3.63) is 64.5 Å². The number of amides is 1. The zero-order valence-corrected chi connectivity index (χ0v) is 17.9. The summed E-state index contributed by atoms with van der Waals surface area (Å²) in [4.78, 5) is 37.0. The van der Waals surface area contributed by atoms with Crippen molar-refractivity contribution in [2.45, 2.75) is 36.8 Å². The average molecular weight is 439 g/mol. The Kier molecular flexibility index (Phi) is 5.25. The maximum Gasteiger partial charge on any atom is 0.339 e. The number of rotatable bonds is 7.